The van der Waals surface area contributed by atoms with Gasteiger partial charge in [-0.25, -0.2) is 9.87 Å². The number of hydroxylamine groups is 1. The number of aryl methyl sites for hydroxylation is 1. The van der Waals surface area contributed by atoms with Crippen molar-refractivity contribution in [2.45, 2.75) is 19.4 Å². The molecular formula is C18H20FN3O3. The minimum Gasteiger partial charge on any atom is -0.339 e. The van der Waals surface area contributed by atoms with E-state index in [4.69, 9.17) is 10.9 Å². The zero-order valence-electron chi connectivity index (χ0n) is 13.8. The molecule has 0 spiro atoms. The average molecular weight is 345 g/mol. The van der Waals surface area contributed by atoms with Gasteiger partial charge >= 0.3 is 0 Å². The van der Waals surface area contributed by atoms with Crippen LogP contribution in [0, 0.1) is 5.82 Å². The standard InChI is InChI=1S/C18H20FN3O3/c1-2-11-3-5-12(6-4-11)14-8-7-13(9-15(14)19)17(23)21-16(10-20)18(24)22-25/h3-9,16,25H,2,10,20H2,1H3,(H,21,23)(H,22,24)/t16-/m0/s1. The summed E-state index contributed by atoms with van der Waals surface area (Å²) in [5.41, 5.74) is 9.07. The Morgan fingerprint density at radius 1 is 1.20 bits per heavy atom. The molecule has 0 radical (unpaired) electrons. The SMILES string of the molecule is CCc1ccc(-c2ccc(C(=O)N[C@@H](CN)C(=O)NO)cc2F)cc1. The van der Waals surface area contributed by atoms with Crippen molar-refractivity contribution in [3.05, 3.63) is 59.4 Å². The Labute approximate surface area is 144 Å². The minimum atomic E-state index is -1.11. The van der Waals surface area contributed by atoms with E-state index >= 15 is 0 Å². The molecule has 7 heteroatoms. The van der Waals surface area contributed by atoms with Crippen LogP contribution in [0.15, 0.2) is 42.5 Å². The van der Waals surface area contributed by atoms with E-state index in [-0.39, 0.29) is 12.1 Å². The fraction of sp³-hybridized carbons (Fsp3) is 0.222. The van der Waals surface area contributed by atoms with Gasteiger partial charge < -0.3 is 11.1 Å². The maximum Gasteiger partial charge on any atom is 0.267 e. The van der Waals surface area contributed by atoms with E-state index in [0.717, 1.165) is 18.1 Å². The van der Waals surface area contributed by atoms with Crippen molar-refractivity contribution in [2.24, 2.45) is 5.73 Å². The van der Waals surface area contributed by atoms with Crippen LogP contribution in [0.25, 0.3) is 11.1 Å². The number of amides is 2. The molecule has 1 atom stereocenters. The Bertz CT molecular complexity index is 763. The van der Waals surface area contributed by atoms with Crippen molar-refractivity contribution in [1.29, 1.82) is 0 Å². The number of halogens is 1. The van der Waals surface area contributed by atoms with Gasteiger partial charge in [-0.3, -0.25) is 14.8 Å². The summed E-state index contributed by atoms with van der Waals surface area (Å²) in [4.78, 5) is 23.5. The molecule has 0 aliphatic carbocycles. The molecule has 2 aromatic rings. The van der Waals surface area contributed by atoms with Crippen molar-refractivity contribution in [1.82, 2.24) is 10.8 Å². The number of rotatable bonds is 6. The summed E-state index contributed by atoms with van der Waals surface area (Å²) < 4.78 is 14.4. The van der Waals surface area contributed by atoms with Gasteiger partial charge in [0.15, 0.2) is 0 Å². The molecule has 6 nitrogen and oxygen atoms in total. The molecule has 0 bridgehead atoms. The minimum absolute atomic E-state index is 0.0515. The van der Waals surface area contributed by atoms with Gasteiger partial charge in [-0.1, -0.05) is 37.3 Å². The van der Waals surface area contributed by atoms with Crippen LogP contribution in [-0.4, -0.2) is 29.6 Å². The second kappa shape index (κ2) is 8.36. The van der Waals surface area contributed by atoms with Crippen molar-refractivity contribution in [3.8, 4) is 11.1 Å². The number of hydrogen-bond donors (Lipinski definition) is 4. The summed E-state index contributed by atoms with van der Waals surface area (Å²) in [7, 11) is 0. The number of carbonyl (C=O) groups excluding carboxylic acids is 2. The van der Waals surface area contributed by atoms with Crippen LogP contribution in [0.1, 0.15) is 22.8 Å². The van der Waals surface area contributed by atoms with E-state index in [1.54, 1.807) is 0 Å². The Hall–Kier alpha value is -2.77. The highest BCUT2D eigenvalue weighted by molar-refractivity contribution is 5.97. The van der Waals surface area contributed by atoms with Crippen molar-refractivity contribution >= 4 is 11.8 Å². The molecular weight excluding hydrogens is 325 g/mol. The highest BCUT2D eigenvalue weighted by Gasteiger charge is 2.20. The third-order valence-corrected chi connectivity index (χ3v) is 3.87. The van der Waals surface area contributed by atoms with Gasteiger partial charge in [-0.05, 0) is 29.7 Å². The maximum absolute atomic E-state index is 14.4. The first-order valence-electron chi connectivity index (χ1n) is 7.83. The van der Waals surface area contributed by atoms with Crippen molar-refractivity contribution in [2.75, 3.05) is 6.54 Å². The highest BCUT2D eigenvalue weighted by atomic mass is 19.1. The second-order valence-corrected chi connectivity index (χ2v) is 5.48. The summed E-state index contributed by atoms with van der Waals surface area (Å²) in [6.45, 7) is 1.83. The van der Waals surface area contributed by atoms with E-state index in [0.29, 0.717) is 11.1 Å². The summed E-state index contributed by atoms with van der Waals surface area (Å²) in [5.74, 6) is -2.05. The zero-order chi connectivity index (χ0) is 18.4. The maximum atomic E-state index is 14.4. The predicted octanol–water partition coefficient (Wildman–Crippen LogP) is 1.62. The molecule has 2 aromatic carbocycles. The molecule has 0 saturated carbocycles. The van der Waals surface area contributed by atoms with Crippen molar-refractivity contribution < 1.29 is 19.2 Å². The molecule has 0 aliphatic rings. The first-order valence-corrected chi connectivity index (χ1v) is 7.83. The number of nitrogens with one attached hydrogen (secondary N) is 2. The van der Waals surface area contributed by atoms with E-state index in [1.165, 1.54) is 17.6 Å². The van der Waals surface area contributed by atoms with E-state index in [2.05, 4.69) is 5.32 Å². The predicted molar refractivity (Wildman–Crippen MR) is 91.5 cm³/mol. The van der Waals surface area contributed by atoms with Crippen LogP contribution >= 0.6 is 0 Å². The molecule has 0 saturated heterocycles. The molecule has 0 aromatic heterocycles. The van der Waals surface area contributed by atoms with Gasteiger partial charge in [0.05, 0.1) is 0 Å². The lowest BCUT2D eigenvalue weighted by Gasteiger charge is -2.15. The molecule has 0 unspecified atom stereocenters. The van der Waals surface area contributed by atoms with Gasteiger partial charge in [0.1, 0.15) is 11.9 Å². The Balaban J connectivity index is 2.20. The Morgan fingerprint density at radius 3 is 2.40 bits per heavy atom. The fourth-order valence-corrected chi connectivity index (χ4v) is 2.36. The first-order chi connectivity index (χ1) is 12.0. The molecule has 25 heavy (non-hydrogen) atoms. The lowest BCUT2D eigenvalue weighted by atomic mass is 10.0. The number of hydrogen-bond acceptors (Lipinski definition) is 4. The number of nitrogens with two attached hydrogens (primary N) is 1. The van der Waals surface area contributed by atoms with Crippen LogP contribution in [0.3, 0.4) is 0 Å². The van der Waals surface area contributed by atoms with Gasteiger partial charge in [0.2, 0.25) is 0 Å². The number of benzene rings is 2. The van der Waals surface area contributed by atoms with Crippen LogP contribution < -0.4 is 16.5 Å². The normalized spacial score (nSPS) is 11.7. The Morgan fingerprint density at radius 2 is 1.88 bits per heavy atom. The van der Waals surface area contributed by atoms with E-state index in [1.807, 2.05) is 31.2 Å². The summed E-state index contributed by atoms with van der Waals surface area (Å²) >= 11 is 0. The summed E-state index contributed by atoms with van der Waals surface area (Å²) in [6, 6.07) is 10.5. The first kappa shape index (κ1) is 18.6. The van der Waals surface area contributed by atoms with Crippen LogP contribution in [0.4, 0.5) is 4.39 Å². The molecule has 5 N–H and O–H groups in total. The van der Waals surface area contributed by atoms with Gasteiger partial charge in [0.25, 0.3) is 11.8 Å². The molecule has 2 amide bonds. The van der Waals surface area contributed by atoms with Gasteiger partial charge in [-0.2, -0.15) is 0 Å². The fourth-order valence-electron chi connectivity index (χ4n) is 2.36. The second-order valence-electron chi connectivity index (χ2n) is 5.48. The number of carbonyl (C=O) groups is 2. The highest BCUT2D eigenvalue weighted by Crippen LogP contribution is 2.24. The third-order valence-electron chi connectivity index (χ3n) is 3.87. The molecule has 0 aliphatic heterocycles. The van der Waals surface area contributed by atoms with Crippen molar-refractivity contribution in [3.63, 3.8) is 0 Å². The average Bonchev–Trinajstić information content (AvgIpc) is 2.65. The molecule has 132 valence electrons. The monoisotopic (exact) mass is 345 g/mol. The third kappa shape index (κ3) is 4.40. The molecule has 2 rings (SSSR count). The van der Waals surface area contributed by atoms with Crippen LogP contribution in [0.5, 0.6) is 0 Å². The van der Waals surface area contributed by atoms with Crippen LogP contribution in [-0.2, 0) is 11.2 Å². The van der Waals surface area contributed by atoms with E-state index < -0.39 is 23.7 Å². The summed E-state index contributed by atoms with van der Waals surface area (Å²) in [6.07, 6.45) is 0.894. The summed E-state index contributed by atoms with van der Waals surface area (Å²) in [5, 5.41) is 10.9. The molecule has 0 heterocycles. The smallest absolute Gasteiger partial charge is 0.267 e. The zero-order valence-corrected chi connectivity index (χ0v) is 13.8. The quantitative estimate of drug-likeness (QED) is 0.472. The van der Waals surface area contributed by atoms with E-state index in [9.17, 15) is 14.0 Å². The lowest BCUT2D eigenvalue weighted by molar-refractivity contribution is -0.130. The van der Waals surface area contributed by atoms with Gasteiger partial charge in [-0.15, -0.1) is 0 Å². The van der Waals surface area contributed by atoms with Crippen LogP contribution in [0.2, 0.25) is 0 Å². The Kier molecular flexibility index (Phi) is 6.21. The lowest BCUT2D eigenvalue weighted by Crippen LogP contribution is -2.50. The van der Waals surface area contributed by atoms with Gasteiger partial charge in [0, 0.05) is 17.7 Å². The largest absolute Gasteiger partial charge is 0.339 e. The topological polar surface area (TPSA) is 104 Å². The molecule has 0 fully saturated rings.